The minimum Gasteiger partial charge on any atom is -0.497 e. The van der Waals surface area contributed by atoms with Crippen LogP contribution in [0.15, 0.2) is 18.2 Å². The second kappa shape index (κ2) is 3.80. The molecule has 0 saturated carbocycles. The number of rotatable bonds is 2. The van der Waals surface area contributed by atoms with Crippen LogP contribution >= 0.6 is 0 Å². The molecule has 0 fully saturated rings. The van der Waals surface area contributed by atoms with E-state index in [0.717, 1.165) is 0 Å². The predicted octanol–water partition coefficient (Wildman–Crippen LogP) is 1.06. The van der Waals surface area contributed by atoms with Crippen LogP contribution in [0.4, 0.5) is 5.69 Å². The van der Waals surface area contributed by atoms with Gasteiger partial charge in [0.05, 0.1) is 19.8 Å². The molecule has 1 aromatic rings. The molecule has 4 nitrogen and oxygen atoms in total. The Hall–Kier alpha value is -1.71. The summed E-state index contributed by atoms with van der Waals surface area (Å²) in [6.45, 7) is 0. The van der Waals surface area contributed by atoms with Crippen LogP contribution in [-0.2, 0) is 4.74 Å². The van der Waals surface area contributed by atoms with E-state index in [9.17, 15) is 4.79 Å². The highest BCUT2D eigenvalue weighted by atomic mass is 16.5. The van der Waals surface area contributed by atoms with Gasteiger partial charge in [-0.05, 0) is 12.1 Å². The summed E-state index contributed by atoms with van der Waals surface area (Å²) in [6.07, 6.45) is 0. The molecule has 0 atom stereocenters. The van der Waals surface area contributed by atoms with Gasteiger partial charge in [-0.3, -0.25) is 0 Å². The number of ether oxygens (including phenoxy) is 2. The zero-order valence-corrected chi connectivity index (χ0v) is 7.53. The maximum absolute atomic E-state index is 11.1. The van der Waals surface area contributed by atoms with Crippen molar-refractivity contribution in [2.45, 2.75) is 0 Å². The van der Waals surface area contributed by atoms with Crippen molar-refractivity contribution >= 4 is 11.7 Å². The van der Waals surface area contributed by atoms with Gasteiger partial charge in [-0.2, -0.15) is 0 Å². The van der Waals surface area contributed by atoms with Crippen LogP contribution in [0.2, 0.25) is 0 Å². The van der Waals surface area contributed by atoms with Crippen molar-refractivity contribution in [3.05, 3.63) is 23.8 Å². The van der Waals surface area contributed by atoms with E-state index in [1.54, 1.807) is 12.1 Å². The van der Waals surface area contributed by atoms with E-state index in [2.05, 4.69) is 4.74 Å². The number of nitrogens with two attached hydrogens (primary N) is 1. The molecule has 0 aliphatic heterocycles. The summed E-state index contributed by atoms with van der Waals surface area (Å²) in [6, 6.07) is 4.74. The molecule has 1 aromatic carbocycles. The van der Waals surface area contributed by atoms with Crippen LogP contribution in [0, 0.1) is 0 Å². The average molecular weight is 181 g/mol. The minimum absolute atomic E-state index is 0.388. The Morgan fingerprint density at radius 1 is 1.31 bits per heavy atom. The first-order valence-electron chi connectivity index (χ1n) is 3.70. The summed E-state index contributed by atoms with van der Waals surface area (Å²) >= 11 is 0. The minimum atomic E-state index is -0.425. The second-order valence-corrected chi connectivity index (χ2v) is 2.49. The van der Waals surface area contributed by atoms with Crippen molar-refractivity contribution in [3.63, 3.8) is 0 Å². The Kier molecular flexibility index (Phi) is 2.74. The van der Waals surface area contributed by atoms with Crippen molar-refractivity contribution in [2.75, 3.05) is 20.0 Å². The summed E-state index contributed by atoms with van der Waals surface area (Å²) in [4.78, 5) is 11.1. The van der Waals surface area contributed by atoms with Crippen molar-refractivity contribution in [1.82, 2.24) is 0 Å². The Bertz CT molecular complexity index is 323. The quantitative estimate of drug-likeness (QED) is 0.547. The number of carbonyl (C=O) groups is 1. The van der Waals surface area contributed by atoms with Crippen molar-refractivity contribution in [2.24, 2.45) is 0 Å². The highest BCUT2D eigenvalue weighted by Gasteiger charge is 2.07. The van der Waals surface area contributed by atoms with E-state index < -0.39 is 5.97 Å². The largest absolute Gasteiger partial charge is 0.497 e. The zero-order chi connectivity index (χ0) is 9.84. The lowest BCUT2D eigenvalue weighted by molar-refractivity contribution is 0.0600. The molecule has 0 aromatic heterocycles. The van der Waals surface area contributed by atoms with Crippen molar-refractivity contribution in [1.29, 1.82) is 0 Å². The average Bonchev–Trinajstić information content (AvgIpc) is 2.15. The van der Waals surface area contributed by atoms with Gasteiger partial charge < -0.3 is 15.2 Å². The van der Waals surface area contributed by atoms with Gasteiger partial charge in [-0.1, -0.05) is 0 Å². The number of esters is 1. The van der Waals surface area contributed by atoms with Crippen LogP contribution in [0.1, 0.15) is 10.4 Å². The van der Waals surface area contributed by atoms with E-state index in [-0.39, 0.29) is 0 Å². The smallest absolute Gasteiger partial charge is 0.338 e. The van der Waals surface area contributed by atoms with Crippen LogP contribution < -0.4 is 10.5 Å². The first-order valence-corrected chi connectivity index (χ1v) is 3.70. The number of carbonyl (C=O) groups excluding carboxylic acids is 1. The molecule has 0 bridgehead atoms. The molecule has 0 spiro atoms. The standard InChI is InChI=1S/C9H11NO3/c1-12-8-4-6(9(11)13-2)3-7(10)5-8/h3-5H,10H2,1-2H3. The molecular formula is C9H11NO3. The number of anilines is 1. The van der Waals surface area contributed by atoms with Gasteiger partial charge in [0.15, 0.2) is 0 Å². The summed E-state index contributed by atoms with van der Waals surface area (Å²) in [5, 5.41) is 0. The third-order valence-corrected chi connectivity index (χ3v) is 1.59. The molecule has 0 aliphatic carbocycles. The summed E-state index contributed by atoms with van der Waals surface area (Å²) in [7, 11) is 2.83. The first kappa shape index (κ1) is 9.38. The van der Waals surface area contributed by atoms with Gasteiger partial charge in [0.1, 0.15) is 5.75 Å². The van der Waals surface area contributed by atoms with E-state index in [1.165, 1.54) is 20.3 Å². The monoisotopic (exact) mass is 181 g/mol. The Labute approximate surface area is 76.3 Å². The Morgan fingerprint density at radius 3 is 2.54 bits per heavy atom. The fraction of sp³-hybridized carbons (Fsp3) is 0.222. The number of methoxy groups -OCH3 is 2. The van der Waals surface area contributed by atoms with Gasteiger partial charge in [0.25, 0.3) is 0 Å². The third kappa shape index (κ3) is 2.11. The lowest BCUT2D eigenvalue weighted by atomic mass is 10.2. The molecule has 0 unspecified atom stereocenters. The molecule has 13 heavy (non-hydrogen) atoms. The summed E-state index contributed by atoms with van der Waals surface area (Å²) in [5.41, 5.74) is 6.40. The normalized spacial score (nSPS) is 9.38. The maximum Gasteiger partial charge on any atom is 0.338 e. The predicted molar refractivity (Wildman–Crippen MR) is 48.7 cm³/mol. The highest BCUT2D eigenvalue weighted by molar-refractivity contribution is 5.90. The van der Waals surface area contributed by atoms with E-state index in [1.807, 2.05) is 0 Å². The van der Waals surface area contributed by atoms with E-state index in [4.69, 9.17) is 10.5 Å². The second-order valence-electron chi connectivity index (χ2n) is 2.49. The number of hydrogen-bond acceptors (Lipinski definition) is 4. The Morgan fingerprint density at radius 2 is 2.00 bits per heavy atom. The number of benzene rings is 1. The Balaban J connectivity index is 3.08. The molecule has 0 saturated heterocycles. The third-order valence-electron chi connectivity index (χ3n) is 1.59. The van der Waals surface area contributed by atoms with Crippen LogP contribution in [0.5, 0.6) is 5.75 Å². The fourth-order valence-corrected chi connectivity index (χ4v) is 0.976. The SMILES string of the molecule is COC(=O)c1cc(N)cc(OC)c1. The zero-order valence-electron chi connectivity index (χ0n) is 7.53. The topological polar surface area (TPSA) is 61.5 Å². The number of hydrogen-bond donors (Lipinski definition) is 1. The van der Waals surface area contributed by atoms with Crippen LogP contribution in [0.25, 0.3) is 0 Å². The molecule has 2 N–H and O–H groups in total. The van der Waals surface area contributed by atoms with Gasteiger partial charge in [0, 0.05) is 11.8 Å². The van der Waals surface area contributed by atoms with Gasteiger partial charge in [-0.25, -0.2) is 4.79 Å². The summed E-state index contributed by atoms with van der Waals surface area (Å²) < 4.78 is 9.48. The lowest BCUT2D eigenvalue weighted by Gasteiger charge is -2.04. The van der Waals surface area contributed by atoms with Crippen LogP contribution in [0.3, 0.4) is 0 Å². The molecule has 0 heterocycles. The molecule has 0 radical (unpaired) electrons. The molecule has 4 heteroatoms. The summed E-state index contributed by atoms with van der Waals surface area (Å²) in [5.74, 6) is 0.117. The molecule has 1 rings (SSSR count). The molecule has 0 amide bonds. The van der Waals surface area contributed by atoms with E-state index >= 15 is 0 Å². The van der Waals surface area contributed by atoms with E-state index in [0.29, 0.717) is 17.0 Å². The molecule has 70 valence electrons. The van der Waals surface area contributed by atoms with Crippen molar-refractivity contribution in [3.8, 4) is 5.75 Å². The van der Waals surface area contributed by atoms with Gasteiger partial charge in [-0.15, -0.1) is 0 Å². The van der Waals surface area contributed by atoms with Crippen molar-refractivity contribution < 1.29 is 14.3 Å². The highest BCUT2D eigenvalue weighted by Crippen LogP contribution is 2.18. The van der Waals surface area contributed by atoms with Gasteiger partial charge >= 0.3 is 5.97 Å². The van der Waals surface area contributed by atoms with Crippen LogP contribution in [-0.4, -0.2) is 20.2 Å². The maximum atomic E-state index is 11.1. The lowest BCUT2D eigenvalue weighted by Crippen LogP contribution is -2.02. The fourth-order valence-electron chi connectivity index (χ4n) is 0.976. The molecular weight excluding hydrogens is 170 g/mol. The van der Waals surface area contributed by atoms with Gasteiger partial charge in [0.2, 0.25) is 0 Å². The number of nitrogen functional groups attached to an aromatic ring is 1. The molecule has 0 aliphatic rings. The first-order chi connectivity index (χ1) is 6.17.